The minimum Gasteiger partial charge on any atom is -0.790 e. The van der Waals surface area contributed by atoms with Crippen molar-refractivity contribution >= 4 is 7.82 Å². The predicted molar refractivity (Wildman–Crippen MR) is 42.2 cm³/mol. The standard InChI is InChI=1S/C7H17O4P/c1-5(2)7(6(3)4)11-12(8,9)10/h5-7H,1-4H3,(H2,8,9,10)/p-2. The van der Waals surface area contributed by atoms with Gasteiger partial charge in [-0.3, -0.25) is 0 Å². The molecule has 0 N–H and O–H groups in total. The molecule has 0 amide bonds. The van der Waals surface area contributed by atoms with Crippen molar-refractivity contribution in [2.75, 3.05) is 0 Å². The van der Waals surface area contributed by atoms with Crippen LogP contribution >= 0.6 is 7.82 Å². The summed E-state index contributed by atoms with van der Waals surface area (Å²) in [6.45, 7) is 7.28. The fourth-order valence-corrected chi connectivity index (χ4v) is 1.95. The van der Waals surface area contributed by atoms with Crippen molar-refractivity contribution < 1.29 is 18.9 Å². The van der Waals surface area contributed by atoms with E-state index in [2.05, 4.69) is 4.52 Å². The topological polar surface area (TPSA) is 72.4 Å². The second-order valence-electron chi connectivity index (χ2n) is 3.51. The van der Waals surface area contributed by atoms with Crippen LogP contribution in [0, 0.1) is 11.8 Å². The maximum Gasteiger partial charge on any atom is 0.0673 e. The molecule has 0 saturated carbocycles. The van der Waals surface area contributed by atoms with Gasteiger partial charge < -0.3 is 18.9 Å². The van der Waals surface area contributed by atoms with Crippen LogP contribution in [0.2, 0.25) is 0 Å². The largest absolute Gasteiger partial charge is 0.790 e. The highest BCUT2D eigenvalue weighted by molar-refractivity contribution is 7.43. The van der Waals surface area contributed by atoms with E-state index in [1.165, 1.54) is 0 Å². The Morgan fingerprint density at radius 3 is 1.50 bits per heavy atom. The van der Waals surface area contributed by atoms with Crippen molar-refractivity contribution in [2.24, 2.45) is 11.8 Å². The highest BCUT2D eigenvalue weighted by atomic mass is 31.2. The molecular formula is C7H15O4P-2. The first-order valence-corrected chi connectivity index (χ1v) is 5.40. The lowest BCUT2D eigenvalue weighted by Gasteiger charge is -2.37. The van der Waals surface area contributed by atoms with Gasteiger partial charge in [0, 0.05) is 0 Å². The summed E-state index contributed by atoms with van der Waals surface area (Å²) >= 11 is 0. The van der Waals surface area contributed by atoms with Crippen molar-refractivity contribution in [3.63, 3.8) is 0 Å². The predicted octanol–water partition coefficient (Wildman–Crippen LogP) is 0.512. The number of rotatable bonds is 4. The third-order valence-corrected chi connectivity index (χ3v) is 2.07. The number of phosphoric acid groups is 1. The Labute approximate surface area is 73.2 Å². The van der Waals surface area contributed by atoms with E-state index in [0.29, 0.717) is 0 Å². The fraction of sp³-hybridized carbons (Fsp3) is 1.00. The molecule has 4 nitrogen and oxygen atoms in total. The molecule has 0 aromatic rings. The van der Waals surface area contributed by atoms with Gasteiger partial charge in [0.15, 0.2) is 0 Å². The lowest BCUT2D eigenvalue weighted by molar-refractivity contribution is -0.346. The van der Waals surface area contributed by atoms with Crippen LogP contribution in [0.4, 0.5) is 0 Å². The zero-order valence-corrected chi connectivity index (χ0v) is 8.71. The molecule has 0 heterocycles. The molecule has 5 heteroatoms. The molecule has 0 fully saturated rings. The molecule has 0 atom stereocenters. The summed E-state index contributed by atoms with van der Waals surface area (Å²) < 4.78 is 14.7. The van der Waals surface area contributed by atoms with Crippen molar-refractivity contribution in [3.8, 4) is 0 Å². The molecule has 0 aromatic carbocycles. The van der Waals surface area contributed by atoms with Gasteiger partial charge in [0.2, 0.25) is 0 Å². The highest BCUT2D eigenvalue weighted by Crippen LogP contribution is 2.32. The van der Waals surface area contributed by atoms with E-state index in [9.17, 15) is 14.4 Å². The maximum atomic E-state index is 10.3. The molecule has 0 aliphatic heterocycles. The van der Waals surface area contributed by atoms with Crippen LogP contribution < -0.4 is 9.79 Å². The molecule has 0 unspecified atom stereocenters. The van der Waals surface area contributed by atoms with E-state index in [4.69, 9.17) is 0 Å². The number of hydrogen-bond acceptors (Lipinski definition) is 4. The summed E-state index contributed by atoms with van der Waals surface area (Å²) in [5, 5.41) is 0. The maximum absolute atomic E-state index is 10.3. The first-order chi connectivity index (χ1) is 5.24. The SMILES string of the molecule is CC(C)C(OP(=O)([O-])[O-])C(C)C. The van der Waals surface area contributed by atoms with E-state index >= 15 is 0 Å². The zero-order valence-electron chi connectivity index (χ0n) is 7.81. The quantitative estimate of drug-likeness (QED) is 0.611. The molecule has 0 spiro atoms. The van der Waals surface area contributed by atoms with Gasteiger partial charge in [-0.1, -0.05) is 27.7 Å². The van der Waals surface area contributed by atoms with Crippen molar-refractivity contribution in [1.82, 2.24) is 0 Å². The summed E-state index contributed by atoms with van der Waals surface area (Å²) in [4.78, 5) is 20.6. The second kappa shape index (κ2) is 4.38. The van der Waals surface area contributed by atoms with Crippen molar-refractivity contribution in [2.45, 2.75) is 33.8 Å². The first-order valence-electron chi connectivity index (χ1n) is 3.94. The van der Waals surface area contributed by atoms with Gasteiger partial charge in [0.05, 0.1) is 13.9 Å². The van der Waals surface area contributed by atoms with Crippen LogP contribution in [0.1, 0.15) is 27.7 Å². The van der Waals surface area contributed by atoms with Gasteiger partial charge in [0.25, 0.3) is 0 Å². The Balaban J connectivity index is 4.25. The van der Waals surface area contributed by atoms with Gasteiger partial charge >= 0.3 is 0 Å². The van der Waals surface area contributed by atoms with E-state index in [1.54, 1.807) is 0 Å². The number of phosphoric ester groups is 1. The van der Waals surface area contributed by atoms with Gasteiger partial charge in [0.1, 0.15) is 0 Å². The molecule has 0 radical (unpaired) electrons. The monoisotopic (exact) mass is 194 g/mol. The lowest BCUT2D eigenvalue weighted by atomic mass is 9.97. The third kappa shape index (κ3) is 4.88. The zero-order chi connectivity index (χ0) is 9.94. The molecule has 0 aliphatic rings. The summed E-state index contributed by atoms with van der Waals surface area (Å²) in [6.07, 6.45) is -0.508. The normalized spacial score (nSPS) is 13.4. The molecule has 0 saturated heterocycles. The first kappa shape index (κ1) is 12.1. The molecule has 0 rings (SSSR count). The molecular weight excluding hydrogens is 179 g/mol. The van der Waals surface area contributed by atoms with Gasteiger partial charge in [-0.25, -0.2) is 0 Å². The molecule has 74 valence electrons. The van der Waals surface area contributed by atoms with E-state index in [0.717, 1.165) is 0 Å². The Kier molecular flexibility index (Phi) is 4.42. The lowest BCUT2D eigenvalue weighted by Crippen LogP contribution is -2.30. The smallest absolute Gasteiger partial charge is 0.0673 e. The van der Waals surface area contributed by atoms with E-state index < -0.39 is 13.9 Å². The Morgan fingerprint density at radius 2 is 1.42 bits per heavy atom. The van der Waals surface area contributed by atoms with Crippen LogP contribution in [0.25, 0.3) is 0 Å². The van der Waals surface area contributed by atoms with Crippen molar-refractivity contribution in [1.29, 1.82) is 0 Å². The van der Waals surface area contributed by atoms with Crippen LogP contribution in [0.15, 0.2) is 0 Å². The van der Waals surface area contributed by atoms with E-state index in [-0.39, 0.29) is 11.8 Å². The summed E-state index contributed by atoms with van der Waals surface area (Å²) in [5.41, 5.74) is 0. The summed E-state index contributed by atoms with van der Waals surface area (Å²) in [5.74, 6) is 0.0578. The van der Waals surface area contributed by atoms with Crippen LogP contribution in [0.5, 0.6) is 0 Å². The Morgan fingerprint density at radius 1 is 1.08 bits per heavy atom. The highest BCUT2D eigenvalue weighted by Gasteiger charge is 2.18. The molecule has 0 aromatic heterocycles. The van der Waals surface area contributed by atoms with Crippen LogP contribution in [0.3, 0.4) is 0 Å². The third-order valence-electron chi connectivity index (χ3n) is 1.56. The average molecular weight is 194 g/mol. The van der Waals surface area contributed by atoms with Gasteiger partial charge in [-0.15, -0.1) is 0 Å². The van der Waals surface area contributed by atoms with E-state index in [1.807, 2.05) is 27.7 Å². The van der Waals surface area contributed by atoms with Gasteiger partial charge in [-0.2, -0.15) is 0 Å². The molecule has 12 heavy (non-hydrogen) atoms. The second-order valence-corrected chi connectivity index (χ2v) is 4.61. The minimum atomic E-state index is -4.83. The minimum absolute atomic E-state index is 0.0289. The van der Waals surface area contributed by atoms with Crippen molar-refractivity contribution in [3.05, 3.63) is 0 Å². The molecule has 0 aliphatic carbocycles. The molecule has 0 bridgehead atoms. The summed E-state index contributed by atoms with van der Waals surface area (Å²) in [7, 11) is -4.83. The van der Waals surface area contributed by atoms with Crippen LogP contribution in [-0.4, -0.2) is 6.10 Å². The fourth-order valence-electron chi connectivity index (χ4n) is 1.16. The van der Waals surface area contributed by atoms with Crippen LogP contribution in [-0.2, 0) is 9.09 Å². The Hall–Kier alpha value is 0.110. The Bertz CT molecular complexity index is 164. The van der Waals surface area contributed by atoms with Gasteiger partial charge in [-0.05, 0) is 11.8 Å². The summed E-state index contributed by atoms with van der Waals surface area (Å²) in [6, 6.07) is 0. The number of hydrogen-bond donors (Lipinski definition) is 0. The average Bonchev–Trinajstić information content (AvgIpc) is 1.79.